The fraction of sp³-hybridized carbons (Fsp3) is 0.350. The van der Waals surface area contributed by atoms with Crippen LogP contribution in [0.15, 0.2) is 48.5 Å². The minimum Gasteiger partial charge on any atom is -0.396 e. The predicted molar refractivity (Wildman–Crippen MR) is 101 cm³/mol. The summed E-state index contributed by atoms with van der Waals surface area (Å²) in [5, 5.41) is 12.7. The van der Waals surface area contributed by atoms with Crippen molar-refractivity contribution < 1.29 is 9.90 Å². The minimum absolute atomic E-state index is 0.143. The summed E-state index contributed by atoms with van der Waals surface area (Å²) < 4.78 is 0. The topological polar surface area (TPSA) is 52.6 Å². The standard InChI is InChI=1S/C20H23ClN2O2/c21-18-5-3-17(4-6-18)20(25)22-19-7-1-15(2-8-19)13-23-11-9-16(14-24)10-12-23/h1-8,16,24H,9-14H2,(H,22,25). The number of benzene rings is 2. The molecule has 0 spiro atoms. The smallest absolute Gasteiger partial charge is 0.255 e. The third-order valence-corrected chi connectivity index (χ3v) is 4.94. The van der Waals surface area contributed by atoms with E-state index < -0.39 is 0 Å². The van der Waals surface area contributed by atoms with E-state index in [9.17, 15) is 9.90 Å². The first-order valence-corrected chi connectivity index (χ1v) is 9.01. The first-order chi connectivity index (χ1) is 12.1. The molecule has 0 unspecified atom stereocenters. The summed E-state index contributed by atoms with van der Waals surface area (Å²) in [7, 11) is 0. The molecule has 132 valence electrons. The summed E-state index contributed by atoms with van der Waals surface area (Å²) in [4.78, 5) is 14.6. The maximum absolute atomic E-state index is 12.2. The zero-order chi connectivity index (χ0) is 17.6. The number of halogens is 1. The second kappa shape index (κ2) is 8.48. The van der Waals surface area contributed by atoms with Crippen LogP contribution in [0.2, 0.25) is 5.02 Å². The molecule has 1 aliphatic heterocycles. The summed E-state index contributed by atoms with van der Waals surface area (Å²) in [5.41, 5.74) is 2.59. The van der Waals surface area contributed by atoms with E-state index >= 15 is 0 Å². The molecule has 2 aromatic carbocycles. The number of carbonyl (C=O) groups excluding carboxylic acids is 1. The number of nitrogens with zero attached hydrogens (tertiary/aromatic N) is 1. The van der Waals surface area contributed by atoms with Crippen LogP contribution in [-0.4, -0.2) is 35.6 Å². The van der Waals surface area contributed by atoms with Gasteiger partial charge in [-0.3, -0.25) is 9.69 Å². The van der Waals surface area contributed by atoms with Crippen molar-refractivity contribution >= 4 is 23.2 Å². The summed E-state index contributed by atoms with van der Waals surface area (Å²) in [6.45, 7) is 3.26. The second-order valence-corrected chi connectivity index (χ2v) is 7.00. The molecular formula is C20H23ClN2O2. The van der Waals surface area contributed by atoms with Crippen LogP contribution in [-0.2, 0) is 6.54 Å². The van der Waals surface area contributed by atoms with Crippen molar-refractivity contribution in [2.24, 2.45) is 5.92 Å². The van der Waals surface area contributed by atoms with E-state index in [-0.39, 0.29) is 5.91 Å². The Balaban J connectivity index is 1.53. The van der Waals surface area contributed by atoms with Gasteiger partial charge in [-0.15, -0.1) is 0 Å². The molecular weight excluding hydrogens is 336 g/mol. The molecule has 5 heteroatoms. The molecule has 0 bridgehead atoms. The van der Waals surface area contributed by atoms with Crippen LogP contribution < -0.4 is 5.32 Å². The van der Waals surface area contributed by atoms with Gasteiger partial charge in [0.1, 0.15) is 0 Å². The number of nitrogens with one attached hydrogen (secondary N) is 1. The number of piperidine rings is 1. The highest BCUT2D eigenvalue weighted by Gasteiger charge is 2.18. The van der Waals surface area contributed by atoms with Crippen LogP contribution in [0, 0.1) is 5.92 Å². The molecule has 0 radical (unpaired) electrons. The molecule has 4 nitrogen and oxygen atoms in total. The number of anilines is 1. The van der Waals surface area contributed by atoms with Crippen LogP contribution in [0.4, 0.5) is 5.69 Å². The lowest BCUT2D eigenvalue weighted by Gasteiger charge is -2.31. The number of likely N-dealkylation sites (tertiary alicyclic amines) is 1. The van der Waals surface area contributed by atoms with Gasteiger partial charge < -0.3 is 10.4 Å². The second-order valence-electron chi connectivity index (χ2n) is 6.56. The Kier molecular flexibility index (Phi) is 6.08. The molecule has 0 aromatic heterocycles. The molecule has 1 heterocycles. The Labute approximate surface area is 153 Å². The van der Waals surface area contributed by atoms with Crippen LogP contribution in [0.5, 0.6) is 0 Å². The normalized spacial score (nSPS) is 15.9. The Morgan fingerprint density at radius 2 is 1.72 bits per heavy atom. The largest absolute Gasteiger partial charge is 0.396 e. The van der Waals surface area contributed by atoms with E-state index in [2.05, 4.69) is 22.3 Å². The zero-order valence-electron chi connectivity index (χ0n) is 14.1. The Hall–Kier alpha value is -1.88. The lowest BCUT2D eigenvalue weighted by Crippen LogP contribution is -2.34. The SMILES string of the molecule is O=C(Nc1ccc(CN2CCC(CO)CC2)cc1)c1ccc(Cl)cc1. The average molecular weight is 359 g/mol. The van der Waals surface area contributed by atoms with Crippen LogP contribution in [0.1, 0.15) is 28.8 Å². The molecule has 0 atom stereocenters. The molecule has 0 aliphatic carbocycles. The highest BCUT2D eigenvalue weighted by Crippen LogP contribution is 2.19. The van der Waals surface area contributed by atoms with Gasteiger partial charge in [-0.25, -0.2) is 0 Å². The number of hydrogen-bond acceptors (Lipinski definition) is 3. The molecule has 2 N–H and O–H groups in total. The predicted octanol–water partition coefficient (Wildman–Crippen LogP) is 3.80. The van der Waals surface area contributed by atoms with Gasteiger partial charge in [0, 0.05) is 29.4 Å². The highest BCUT2D eigenvalue weighted by atomic mass is 35.5. The van der Waals surface area contributed by atoms with Gasteiger partial charge >= 0.3 is 0 Å². The van der Waals surface area contributed by atoms with Crippen LogP contribution >= 0.6 is 11.6 Å². The van der Waals surface area contributed by atoms with E-state index in [0.717, 1.165) is 38.2 Å². The van der Waals surface area contributed by atoms with Gasteiger partial charge in [-0.05, 0) is 73.8 Å². The van der Waals surface area contributed by atoms with Crippen molar-refractivity contribution in [1.82, 2.24) is 4.90 Å². The number of aliphatic hydroxyl groups is 1. The molecule has 1 fully saturated rings. The number of aliphatic hydroxyl groups excluding tert-OH is 1. The zero-order valence-corrected chi connectivity index (χ0v) is 14.9. The molecule has 1 amide bonds. The van der Waals surface area contributed by atoms with Crippen molar-refractivity contribution in [3.05, 3.63) is 64.7 Å². The maximum atomic E-state index is 12.2. The molecule has 3 rings (SSSR count). The summed E-state index contributed by atoms with van der Waals surface area (Å²) in [6.07, 6.45) is 2.12. The van der Waals surface area contributed by atoms with Gasteiger partial charge in [-0.1, -0.05) is 23.7 Å². The van der Waals surface area contributed by atoms with E-state index in [1.165, 1.54) is 5.56 Å². The average Bonchev–Trinajstić information content (AvgIpc) is 2.64. The van der Waals surface area contributed by atoms with Crippen molar-refractivity contribution in [2.45, 2.75) is 19.4 Å². The highest BCUT2D eigenvalue weighted by molar-refractivity contribution is 6.30. The van der Waals surface area contributed by atoms with Gasteiger partial charge in [0.25, 0.3) is 5.91 Å². The van der Waals surface area contributed by atoms with Crippen molar-refractivity contribution in [3.8, 4) is 0 Å². The molecule has 2 aromatic rings. The maximum Gasteiger partial charge on any atom is 0.255 e. The van der Waals surface area contributed by atoms with Crippen molar-refractivity contribution in [2.75, 3.05) is 25.0 Å². The van der Waals surface area contributed by atoms with E-state index in [4.69, 9.17) is 11.6 Å². The third kappa shape index (κ3) is 5.05. The Morgan fingerprint density at radius 1 is 1.08 bits per heavy atom. The number of hydrogen-bond donors (Lipinski definition) is 2. The van der Waals surface area contributed by atoms with Crippen LogP contribution in [0.3, 0.4) is 0 Å². The first kappa shape index (κ1) is 17.9. The van der Waals surface area contributed by atoms with E-state index in [0.29, 0.717) is 23.1 Å². The minimum atomic E-state index is -0.143. The summed E-state index contributed by atoms with van der Waals surface area (Å²) >= 11 is 5.84. The van der Waals surface area contributed by atoms with Gasteiger partial charge in [-0.2, -0.15) is 0 Å². The van der Waals surface area contributed by atoms with Gasteiger partial charge in [0.2, 0.25) is 0 Å². The quantitative estimate of drug-likeness (QED) is 0.854. The summed E-state index contributed by atoms with van der Waals surface area (Å²) in [6, 6.07) is 14.8. The first-order valence-electron chi connectivity index (χ1n) is 8.63. The monoisotopic (exact) mass is 358 g/mol. The molecule has 0 saturated carbocycles. The van der Waals surface area contributed by atoms with Crippen LogP contribution in [0.25, 0.3) is 0 Å². The molecule has 1 saturated heterocycles. The van der Waals surface area contributed by atoms with Gasteiger partial charge in [0.05, 0.1) is 0 Å². The Bertz CT molecular complexity index is 693. The molecule has 1 aliphatic rings. The van der Waals surface area contributed by atoms with Crippen molar-refractivity contribution in [1.29, 1.82) is 0 Å². The Morgan fingerprint density at radius 3 is 2.32 bits per heavy atom. The number of carbonyl (C=O) groups is 1. The number of rotatable bonds is 5. The van der Waals surface area contributed by atoms with Crippen molar-refractivity contribution in [3.63, 3.8) is 0 Å². The summed E-state index contributed by atoms with van der Waals surface area (Å²) in [5.74, 6) is 0.317. The lowest BCUT2D eigenvalue weighted by molar-refractivity contribution is 0.102. The van der Waals surface area contributed by atoms with E-state index in [1.54, 1.807) is 24.3 Å². The fourth-order valence-electron chi connectivity index (χ4n) is 3.08. The number of amides is 1. The van der Waals surface area contributed by atoms with E-state index in [1.807, 2.05) is 12.1 Å². The third-order valence-electron chi connectivity index (χ3n) is 4.69. The van der Waals surface area contributed by atoms with Gasteiger partial charge in [0.15, 0.2) is 0 Å². The lowest BCUT2D eigenvalue weighted by atomic mass is 9.97. The molecule has 25 heavy (non-hydrogen) atoms. The fourth-order valence-corrected chi connectivity index (χ4v) is 3.21.